The summed E-state index contributed by atoms with van der Waals surface area (Å²) in [5.74, 6) is 3.18. The lowest BCUT2D eigenvalue weighted by atomic mass is 9.95. The second-order valence-electron chi connectivity index (χ2n) is 7.92. The fourth-order valence-corrected chi connectivity index (χ4v) is 4.52. The van der Waals surface area contributed by atoms with E-state index in [1.54, 1.807) is 6.07 Å². The molecule has 4 rings (SSSR count). The van der Waals surface area contributed by atoms with Crippen LogP contribution in [-0.4, -0.2) is 55.8 Å². The molecule has 0 saturated carbocycles. The van der Waals surface area contributed by atoms with Gasteiger partial charge in [-0.1, -0.05) is 12.1 Å². The molecule has 2 fully saturated rings. The molecule has 0 amide bonds. The monoisotopic (exact) mass is 369 g/mol. The molecule has 0 atom stereocenters. The normalized spacial score (nSPS) is 19.7. The van der Waals surface area contributed by atoms with Gasteiger partial charge in [-0.25, -0.2) is 0 Å². The first-order chi connectivity index (χ1) is 13.2. The van der Waals surface area contributed by atoms with Crippen LogP contribution in [0.4, 0.5) is 0 Å². The Balaban J connectivity index is 1.37. The van der Waals surface area contributed by atoms with Crippen molar-refractivity contribution < 1.29 is 5.11 Å². The quantitative estimate of drug-likeness (QED) is 0.848. The van der Waals surface area contributed by atoms with E-state index in [9.17, 15) is 5.11 Å². The summed E-state index contributed by atoms with van der Waals surface area (Å²) in [5.41, 5.74) is 1.18. The third-order valence-corrected chi connectivity index (χ3v) is 6.01. The van der Waals surface area contributed by atoms with Gasteiger partial charge in [0, 0.05) is 19.0 Å². The minimum absolute atomic E-state index is 0.351. The molecule has 6 nitrogen and oxygen atoms in total. The number of piperidine rings is 1. The Hall–Kier alpha value is -1.92. The van der Waals surface area contributed by atoms with Crippen molar-refractivity contribution in [2.75, 3.05) is 26.2 Å². The largest absolute Gasteiger partial charge is 0.508 e. The number of hydrogen-bond donors (Lipinski definition) is 1. The maximum Gasteiger partial charge on any atom is 0.147 e. The van der Waals surface area contributed by atoms with E-state index in [2.05, 4.69) is 37.6 Å². The molecule has 1 aromatic heterocycles. The molecule has 0 unspecified atom stereocenters. The van der Waals surface area contributed by atoms with Crippen LogP contribution in [0.15, 0.2) is 24.3 Å². The predicted molar refractivity (Wildman–Crippen MR) is 106 cm³/mol. The van der Waals surface area contributed by atoms with Crippen molar-refractivity contribution in [3.8, 4) is 5.75 Å². The van der Waals surface area contributed by atoms with Gasteiger partial charge < -0.3 is 9.67 Å². The Morgan fingerprint density at radius 3 is 2.44 bits per heavy atom. The topological polar surface area (TPSA) is 57.4 Å². The van der Waals surface area contributed by atoms with Crippen molar-refractivity contribution in [1.82, 2.24) is 24.6 Å². The second-order valence-corrected chi connectivity index (χ2v) is 7.92. The molecule has 3 heterocycles. The fourth-order valence-electron chi connectivity index (χ4n) is 4.52. The van der Waals surface area contributed by atoms with Crippen molar-refractivity contribution in [3.63, 3.8) is 0 Å². The third-order valence-electron chi connectivity index (χ3n) is 6.01. The highest BCUT2D eigenvalue weighted by molar-refractivity contribution is 5.27. The number of nitrogens with zero attached hydrogens (tertiary/aromatic N) is 5. The van der Waals surface area contributed by atoms with Gasteiger partial charge in [0.25, 0.3) is 0 Å². The molecule has 146 valence electrons. The van der Waals surface area contributed by atoms with Crippen molar-refractivity contribution >= 4 is 0 Å². The number of hydrogen-bond acceptors (Lipinski definition) is 5. The first kappa shape index (κ1) is 18.4. The van der Waals surface area contributed by atoms with Gasteiger partial charge in [0.15, 0.2) is 0 Å². The van der Waals surface area contributed by atoms with Gasteiger partial charge in [0.2, 0.25) is 0 Å². The second kappa shape index (κ2) is 8.40. The predicted octanol–water partition coefficient (Wildman–Crippen LogP) is 2.98. The van der Waals surface area contributed by atoms with Crippen LogP contribution in [0.3, 0.4) is 0 Å². The van der Waals surface area contributed by atoms with Crippen molar-refractivity contribution in [2.45, 2.75) is 58.2 Å². The van der Waals surface area contributed by atoms with Gasteiger partial charge in [-0.15, -0.1) is 10.2 Å². The molecule has 27 heavy (non-hydrogen) atoms. The Kier molecular flexibility index (Phi) is 5.74. The standard InChI is InChI=1S/C21H31N5O/c1-2-26-20(16-24-10-3-4-11-24)22-23-21(26)18-8-12-25(13-9-18)15-17-6-5-7-19(27)14-17/h5-7,14,18,27H,2-4,8-13,15-16H2,1H3. The molecule has 2 aliphatic rings. The van der Waals surface area contributed by atoms with E-state index in [1.165, 1.54) is 37.3 Å². The summed E-state index contributed by atoms with van der Waals surface area (Å²) in [6.45, 7) is 9.53. The number of phenols is 1. The molecule has 1 aromatic carbocycles. The van der Waals surface area contributed by atoms with E-state index in [1.807, 2.05) is 12.1 Å². The van der Waals surface area contributed by atoms with Crippen LogP contribution >= 0.6 is 0 Å². The maximum atomic E-state index is 9.66. The van der Waals surface area contributed by atoms with Crippen LogP contribution in [0.5, 0.6) is 5.75 Å². The molecule has 6 heteroatoms. The molecule has 2 saturated heterocycles. The molecule has 0 spiro atoms. The van der Waals surface area contributed by atoms with Crippen LogP contribution in [0.2, 0.25) is 0 Å². The van der Waals surface area contributed by atoms with E-state index < -0.39 is 0 Å². The summed E-state index contributed by atoms with van der Waals surface area (Å²) >= 11 is 0. The van der Waals surface area contributed by atoms with Gasteiger partial charge in [0.1, 0.15) is 17.4 Å². The maximum absolute atomic E-state index is 9.66. The first-order valence-electron chi connectivity index (χ1n) is 10.4. The fraction of sp³-hybridized carbons (Fsp3) is 0.619. The summed E-state index contributed by atoms with van der Waals surface area (Å²) in [5, 5.41) is 18.8. The molecule has 2 aliphatic heterocycles. The van der Waals surface area contributed by atoms with E-state index in [0.717, 1.165) is 51.4 Å². The molecule has 1 N–H and O–H groups in total. The number of rotatable bonds is 6. The van der Waals surface area contributed by atoms with Crippen molar-refractivity contribution in [1.29, 1.82) is 0 Å². The lowest BCUT2D eigenvalue weighted by Crippen LogP contribution is -2.33. The highest BCUT2D eigenvalue weighted by atomic mass is 16.3. The summed E-state index contributed by atoms with van der Waals surface area (Å²) in [7, 11) is 0. The summed E-state index contributed by atoms with van der Waals surface area (Å²) in [6, 6.07) is 7.60. The van der Waals surface area contributed by atoms with Gasteiger partial charge in [-0.05, 0) is 76.5 Å². The van der Waals surface area contributed by atoms with E-state index >= 15 is 0 Å². The summed E-state index contributed by atoms with van der Waals surface area (Å²) in [6.07, 6.45) is 4.87. The summed E-state index contributed by atoms with van der Waals surface area (Å²) < 4.78 is 2.36. The van der Waals surface area contributed by atoms with Gasteiger partial charge in [-0.2, -0.15) is 0 Å². The zero-order valence-electron chi connectivity index (χ0n) is 16.3. The number of benzene rings is 1. The zero-order valence-corrected chi connectivity index (χ0v) is 16.3. The van der Waals surface area contributed by atoms with Gasteiger partial charge in [0.05, 0.1) is 6.54 Å². The minimum Gasteiger partial charge on any atom is -0.508 e. The number of aromatic nitrogens is 3. The number of phenolic OH excluding ortho intramolecular Hbond substituents is 1. The molecule has 0 aliphatic carbocycles. The first-order valence-corrected chi connectivity index (χ1v) is 10.4. The average molecular weight is 370 g/mol. The SMILES string of the molecule is CCn1c(CN2CCCC2)nnc1C1CCN(Cc2cccc(O)c2)CC1. The minimum atomic E-state index is 0.351. The molecular weight excluding hydrogens is 338 g/mol. The Bertz CT molecular complexity index is 745. The number of aromatic hydroxyl groups is 1. The van der Waals surface area contributed by atoms with Gasteiger partial charge in [-0.3, -0.25) is 9.80 Å². The van der Waals surface area contributed by atoms with E-state index in [-0.39, 0.29) is 0 Å². The van der Waals surface area contributed by atoms with Crippen LogP contribution in [0, 0.1) is 0 Å². The average Bonchev–Trinajstić information content (AvgIpc) is 3.32. The highest BCUT2D eigenvalue weighted by Crippen LogP contribution is 2.28. The molecular formula is C21H31N5O. The molecule has 0 bridgehead atoms. The highest BCUT2D eigenvalue weighted by Gasteiger charge is 2.26. The Labute approximate surface area is 161 Å². The van der Waals surface area contributed by atoms with Crippen LogP contribution < -0.4 is 0 Å². The smallest absolute Gasteiger partial charge is 0.147 e. The Morgan fingerprint density at radius 1 is 1.00 bits per heavy atom. The van der Waals surface area contributed by atoms with Crippen LogP contribution in [0.1, 0.15) is 55.7 Å². The van der Waals surface area contributed by atoms with Crippen molar-refractivity contribution in [2.24, 2.45) is 0 Å². The molecule has 0 radical (unpaired) electrons. The zero-order chi connectivity index (χ0) is 18.6. The lowest BCUT2D eigenvalue weighted by Gasteiger charge is -2.31. The van der Waals surface area contributed by atoms with Crippen LogP contribution in [-0.2, 0) is 19.6 Å². The van der Waals surface area contributed by atoms with E-state index in [0.29, 0.717) is 11.7 Å². The van der Waals surface area contributed by atoms with Gasteiger partial charge >= 0.3 is 0 Å². The van der Waals surface area contributed by atoms with E-state index in [4.69, 9.17) is 0 Å². The van der Waals surface area contributed by atoms with Crippen LogP contribution in [0.25, 0.3) is 0 Å². The third kappa shape index (κ3) is 4.33. The Morgan fingerprint density at radius 2 is 1.74 bits per heavy atom. The lowest BCUT2D eigenvalue weighted by molar-refractivity contribution is 0.199. The summed E-state index contributed by atoms with van der Waals surface area (Å²) in [4.78, 5) is 4.97. The molecule has 2 aromatic rings. The van der Waals surface area contributed by atoms with Crippen molar-refractivity contribution in [3.05, 3.63) is 41.5 Å². The number of likely N-dealkylation sites (tertiary alicyclic amines) is 2.